The van der Waals surface area contributed by atoms with Gasteiger partial charge in [0.1, 0.15) is 0 Å². The zero-order valence-corrected chi connectivity index (χ0v) is 9.59. The van der Waals surface area contributed by atoms with Gasteiger partial charge >= 0.3 is 6.18 Å². The molecule has 3 aromatic rings. The predicted molar refractivity (Wildman–Crippen MR) is 63.9 cm³/mol. The Kier molecular flexibility index (Phi) is 2.51. The molecule has 3 nitrogen and oxygen atoms in total. The number of fused-ring (bicyclic) bond motifs is 1. The van der Waals surface area contributed by atoms with Crippen molar-refractivity contribution in [2.45, 2.75) is 6.18 Å². The number of halogens is 3. The first-order chi connectivity index (χ1) is 9.07. The number of aromatic nitrogens is 3. The Hall–Kier alpha value is -2.37. The highest BCUT2D eigenvalue weighted by Crippen LogP contribution is 2.35. The first-order valence-electron chi connectivity index (χ1n) is 5.52. The monoisotopic (exact) mass is 263 g/mol. The molecule has 0 fully saturated rings. The quantitative estimate of drug-likeness (QED) is 0.673. The molecule has 19 heavy (non-hydrogen) atoms. The molecule has 6 heteroatoms. The van der Waals surface area contributed by atoms with Crippen molar-refractivity contribution in [1.29, 1.82) is 0 Å². The van der Waals surface area contributed by atoms with E-state index in [-0.39, 0.29) is 10.9 Å². The summed E-state index contributed by atoms with van der Waals surface area (Å²) in [5.74, 6) is 0. The van der Waals surface area contributed by atoms with Crippen molar-refractivity contribution < 1.29 is 13.2 Å². The zero-order chi connectivity index (χ0) is 13.5. The Morgan fingerprint density at radius 1 is 1.00 bits per heavy atom. The molecule has 0 saturated carbocycles. The van der Waals surface area contributed by atoms with Crippen LogP contribution in [-0.2, 0) is 6.18 Å². The molecule has 0 unspecified atom stereocenters. The average Bonchev–Trinajstić information content (AvgIpc) is 2.90. The summed E-state index contributed by atoms with van der Waals surface area (Å²) < 4.78 is 40.3. The topological polar surface area (TPSA) is 30.7 Å². The summed E-state index contributed by atoms with van der Waals surface area (Å²) in [6.07, 6.45) is 0.294. The van der Waals surface area contributed by atoms with E-state index < -0.39 is 11.7 Å². The number of hydrogen-bond acceptors (Lipinski definition) is 2. The molecule has 0 aliphatic carbocycles. The van der Waals surface area contributed by atoms with Crippen LogP contribution in [0.1, 0.15) is 5.56 Å². The van der Waals surface area contributed by atoms with E-state index in [4.69, 9.17) is 0 Å². The Bertz CT molecular complexity index is 718. The van der Waals surface area contributed by atoms with Crippen LogP contribution in [0.4, 0.5) is 13.2 Å². The number of alkyl halides is 3. The van der Waals surface area contributed by atoms with Gasteiger partial charge in [-0.3, -0.25) is 4.98 Å². The first-order valence-corrected chi connectivity index (χ1v) is 5.52. The zero-order valence-electron chi connectivity index (χ0n) is 9.59. The molecule has 96 valence electrons. The van der Waals surface area contributed by atoms with Crippen molar-refractivity contribution in [2.75, 3.05) is 0 Å². The third-order valence-electron chi connectivity index (χ3n) is 2.80. The van der Waals surface area contributed by atoms with Gasteiger partial charge in [-0.15, -0.1) is 0 Å². The van der Waals surface area contributed by atoms with Gasteiger partial charge < -0.3 is 0 Å². The molecule has 0 atom stereocenters. The Labute approximate surface area is 106 Å². The summed E-state index contributed by atoms with van der Waals surface area (Å²) in [5, 5.41) is 4.10. The molecule has 0 aliphatic rings. The molecule has 3 rings (SSSR count). The largest absolute Gasteiger partial charge is 0.417 e. The van der Waals surface area contributed by atoms with E-state index in [1.807, 2.05) is 0 Å². The van der Waals surface area contributed by atoms with Crippen LogP contribution < -0.4 is 0 Å². The molecule has 1 aromatic carbocycles. The van der Waals surface area contributed by atoms with Gasteiger partial charge in [0, 0.05) is 24.0 Å². The van der Waals surface area contributed by atoms with Gasteiger partial charge in [-0.2, -0.15) is 18.3 Å². The van der Waals surface area contributed by atoms with Gasteiger partial charge in [-0.25, -0.2) is 4.68 Å². The van der Waals surface area contributed by atoms with E-state index >= 15 is 0 Å². The first kappa shape index (κ1) is 11.7. The average molecular weight is 263 g/mol. The van der Waals surface area contributed by atoms with Gasteiger partial charge in [0.15, 0.2) is 0 Å². The van der Waals surface area contributed by atoms with Crippen molar-refractivity contribution in [2.24, 2.45) is 0 Å². The van der Waals surface area contributed by atoms with E-state index in [1.165, 1.54) is 29.1 Å². The summed E-state index contributed by atoms with van der Waals surface area (Å²) >= 11 is 0. The molecule has 2 heterocycles. The second-order valence-corrected chi connectivity index (χ2v) is 3.98. The van der Waals surface area contributed by atoms with Crippen LogP contribution >= 0.6 is 0 Å². The van der Waals surface area contributed by atoms with Gasteiger partial charge in [0.2, 0.25) is 0 Å². The van der Waals surface area contributed by atoms with Crippen molar-refractivity contribution in [3.63, 3.8) is 0 Å². The Morgan fingerprint density at radius 3 is 2.53 bits per heavy atom. The fourth-order valence-corrected chi connectivity index (χ4v) is 2.00. The molecule has 0 amide bonds. The highest BCUT2D eigenvalue weighted by Gasteiger charge is 2.33. The summed E-state index contributed by atoms with van der Waals surface area (Å²) in [5.41, 5.74) is 0.112. The highest BCUT2D eigenvalue weighted by atomic mass is 19.4. The maximum Gasteiger partial charge on any atom is 0.417 e. The number of hydrogen-bond donors (Lipinski definition) is 0. The Balaban J connectivity index is 2.35. The fraction of sp³-hybridized carbons (Fsp3) is 0.0769. The highest BCUT2D eigenvalue weighted by molar-refractivity contribution is 5.89. The predicted octanol–water partition coefficient (Wildman–Crippen LogP) is 3.44. The van der Waals surface area contributed by atoms with Crippen molar-refractivity contribution in [1.82, 2.24) is 14.8 Å². The molecular formula is C13H8F3N3. The smallest absolute Gasteiger partial charge is 0.254 e. The maximum atomic E-state index is 12.9. The lowest BCUT2D eigenvalue weighted by atomic mass is 10.1. The number of nitrogens with zero attached hydrogens (tertiary/aromatic N) is 3. The third-order valence-corrected chi connectivity index (χ3v) is 2.80. The minimum Gasteiger partial charge on any atom is -0.254 e. The van der Waals surface area contributed by atoms with E-state index in [2.05, 4.69) is 10.1 Å². The normalized spacial score (nSPS) is 11.9. The maximum absolute atomic E-state index is 12.9. The second-order valence-electron chi connectivity index (χ2n) is 3.98. The Morgan fingerprint density at radius 2 is 1.84 bits per heavy atom. The summed E-state index contributed by atoms with van der Waals surface area (Å²) in [4.78, 5) is 4.05. The van der Waals surface area contributed by atoms with Gasteiger partial charge in [-0.05, 0) is 24.3 Å². The van der Waals surface area contributed by atoms with Crippen LogP contribution in [0.25, 0.3) is 16.6 Å². The van der Waals surface area contributed by atoms with Crippen molar-refractivity contribution >= 4 is 10.9 Å². The van der Waals surface area contributed by atoms with Crippen LogP contribution in [0, 0.1) is 0 Å². The molecule has 0 aliphatic heterocycles. The summed E-state index contributed by atoms with van der Waals surface area (Å²) in [7, 11) is 0. The van der Waals surface area contributed by atoms with Gasteiger partial charge in [0.25, 0.3) is 0 Å². The molecular weight excluding hydrogens is 255 g/mol. The van der Waals surface area contributed by atoms with E-state index in [0.29, 0.717) is 5.69 Å². The minimum atomic E-state index is -4.40. The van der Waals surface area contributed by atoms with Crippen LogP contribution in [0.15, 0.2) is 48.9 Å². The molecule has 0 spiro atoms. The van der Waals surface area contributed by atoms with Crippen molar-refractivity contribution in [3.05, 3.63) is 54.5 Å². The van der Waals surface area contributed by atoms with E-state index in [1.54, 1.807) is 18.5 Å². The molecule has 0 radical (unpaired) electrons. The molecule has 0 N–H and O–H groups in total. The van der Waals surface area contributed by atoms with Gasteiger partial charge in [-0.1, -0.05) is 6.07 Å². The minimum absolute atomic E-state index is 0.0722. The number of pyridine rings is 1. The van der Waals surface area contributed by atoms with Crippen LogP contribution in [-0.4, -0.2) is 14.8 Å². The van der Waals surface area contributed by atoms with Gasteiger partial charge in [0.05, 0.1) is 16.8 Å². The molecule has 2 aromatic heterocycles. The second kappa shape index (κ2) is 4.08. The lowest BCUT2D eigenvalue weighted by molar-refractivity contribution is -0.136. The fourth-order valence-electron chi connectivity index (χ4n) is 2.00. The third kappa shape index (κ3) is 1.95. The lowest BCUT2D eigenvalue weighted by Crippen LogP contribution is -2.07. The molecule has 0 saturated heterocycles. The van der Waals surface area contributed by atoms with Crippen LogP contribution in [0.2, 0.25) is 0 Å². The standard InChI is InChI=1S/C13H8F3N3/c14-13(15,16)10-4-5-11(19-8-2-7-18-19)12-9(10)3-1-6-17-12/h1-8H. The van der Waals surface area contributed by atoms with E-state index in [0.717, 1.165) is 6.07 Å². The summed E-state index contributed by atoms with van der Waals surface area (Å²) in [6.45, 7) is 0. The number of benzene rings is 1. The van der Waals surface area contributed by atoms with Crippen LogP contribution in [0.5, 0.6) is 0 Å². The molecule has 0 bridgehead atoms. The SMILES string of the molecule is FC(F)(F)c1ccc(-n2cccn2)c2ncccc12. The van der Waals surface area contributed by atoms with Crippen LogP contribution in [0.3, 0.4) is 0 Å². The number of rotatable bonds is 1. The summed E-state index contributed by atoms with van der Waals surface area (Å²) in [6, 6.07) is 7.04. The lowest BCUT2D eigenvalue weighted by Gasteiger charge is -2.12. The van der Waals surface area contributed by atoms with Crippen molar-refractivity contribution in [3.8, 4) is 5.69 Å². The van der Waals surface area contributed by atoms with E-state index in [9.17, 15) is 13.2 Å².